The molecule has 25 heavy (non-hydrogen) atoms. The van der Waals surface area contributed by atoms with Crippen LogP contribution in [0.1, 0.15) is 18.4 Å². The molecule has 0 atom stereocenters. The Morgan fingerprint density at radius 2 is 1.92 bits per heavy atom. The molecule has 0 unspecified atom stereocenters. The normalized spacial score (nSPS) is 13.9. The molecular formula is C19H16Cl2IN3. The van der Waals surface area contributed by atoms with Crippen molar-refractivity contribution in [3.8, 4) is 16.9 Å². The predicted octanol–water partition coefficient (Wildman–Crippen LogP) is 6.20. The largest absolute Gasteiger partial charge is 0.370 e. The third-order valence-corrected chi connectivity index (χ3v) is 5.87. The van der Waals surface area contributed by atoms with Crippen LogP contribution in [0.4, 0.5) is 5.82 Å². The fraction of sp³-hybridized carbons (Fsp3) is 0.211. The monoisotopic (exact) mass is 483 g/mol. The molecule has 1 aliphatic rings. The van der Waals surface area contributed by atoms with Gasteiger partial charge in [0.05, 0.1) is 16.4 Å². The lowest BCUT2D eigenvalue weighted by Gasteiger charge is -2.10. The minimum atomic E-state index is 0.596. The number of aromatic nitrogens is 2. The van der Waals surface area contributed by atoms with Gasteiger partial charge in [-0.15, -0.1) is 0 Å². The number of nitrogens with zero attached hydrogens (tertiary/aromatic N) is 2. The Balaban J connectivity index is 1.95. The van der Waals surface area contributed by atoms with E-state index >= 15 is 0 Å². The van der Waals surface area contributed by atoms with Gasteiger partial charge in [0, 0.05) is 26.3 Å². The highest BCUT2D eigenvalue weighted by Gasteiger charge is 2.23. The first-order valence-electron chi connectivity index (χ1n) is 8.21. The van der Waals surface area contributed by atoms with E-state index in [1.165, 1.54) is 9.13 Å². The molecule has 0 radical (unpaired) electrons. The highest BCUT2D eigenvalue weighted by molar-refractivity contribution is 14.1. The quantitative estimate of drug-likeness (QED) is 0.440. The summed E-state index contributed by atoms with van der Waals surface area (Å²) in [7, 11) is 0. The van der Waals surface area contributed by atoms with E-state index in [9.17, 15) is 0 Å². The molecule has 3 nitrogen and oxygen atoms in total. The molecule has 6 heteroatoms. The van der Waals surface area contributed by atoms with Crippen LogP contribution in [0, 0.1) is 3.57 Å². The molecule has 1 N–H and O–H groups in total. The Hall–Kier alpha value is -1.24. The van der Waals surface area contributed by atoms with E-state index in [1.807, 2.05) is 16.8 Å². The number of nitrogens with one attached hydrogen (secondary N) is 1. The highest BCUT2D eigenvalue weighted by atomic mass is 127. The minimum absolute atomic E-state index is 0.596. The number of rotatable bonds is 2. The molecule has 0 bridgehead atoms. The van der Waals surface area contributed by atoms with Crippen molar-refractivity contribution in [3.63, 3.8) is 0 Å². The van der Waals surface area contributed by atoms with E-state index < -0.39 is 0 Å². The van der Waals surface area contributed by atoms with Crippen LogP contribution in [-0.2, 0) is 6.42 Å². The molecule has 0 saturated carbocycles. The maximum Gasteiger partial charge on any atom is 0.133 e. The third-order valence-electron chi connectivity index (χ3n) is 4.40. The Kier molecular flexibility index (Phi) is 4.93. The highest BCUT2D eigenvalue weighted by Crippen LogP contribution is 2.37. The summed E-state index contributed by atoms with van der Waals surface area (Å²) >= 11 is 14.9. The summed E-state index contributed by atoms with van der Waals surface area (Å²) in [5.41, 5.74) is 4.29. The molecule has 2 heterocycles. The van der Waals surface area contributed by atoms with E-state index in [2.05, 4.69) is 52.2 Å². The molecule has 1 aromatic heterocycles. The van der Waals surface area contributed by atoms with Gasteiger partial charge in [0.2, 0.25) is 0 Å². The summed E-state index contributed by atoms with van der Waals surface area (Å²) in [6.07, 6.45) is 3.30. The van der Waals surface area contributed by atoms with Gasteiger partial charge in [0.15, 0.2) is 0 Å². The SMILES string of the molecule is Clc1ccc(-n2nc(-c3ccccc3I)c3c2NCCCC3)c(Cl)c1. The molecular weight excluding hydrogens is 468 g/mol. The molecule has 128 valence electrons. The molecule has 2 aromatic carbocycles. The molecule has 1 aliphatic heterocycles. The van der Waals surface area contributed by atoms with Crippen molar-refractivity contribution in [2.45, 2.75) is 19.3 Å². The molecule has 3 aromatic rings. The first-order valence-corrected chi connectivity index (χ1v) is 10.0. The molecule has 4 rings (SSSR count). The summed E-state index contributed by atoms with van der Waals surface area (Å²) in [6, 6.07) is 13.9. The second kappa shape index (κ2) is 7.17. The summed E-state index contributed by atoms with van der Waals surface area (Å²) < 4.78 is 3.12. The molecule has 0 fully saturated rings. The van der Waals surface area contributed by atoms with Gasteiger partial charge in [-0.25, -0.2) is 4.68 Å². The average molecular weight is 484 g/mol. The lowest BCUT2D eigenvalue weighted by Crippen LogP contribution is -2.07. The van der Waals surface area contributed by atoms with Crippen molar-refractivity contribution >= 4 is 51.6 Å². The standard InChI is InChI=1S/C19H16Cl2IN3/c20-12-8-9-17(15(21)11-12)25-19-14(6-3-4-10-23-19)18(24-25)13-5-1-2-7-16(13)22/h1-2,5,7-9,11,23H,3-4,6,10H2. The summed E-state index contributed by atoms with van der Waals surface area (Å²) in [4.78, 5) is 0. The van der Waals surface area contributed by atoms with Gasteiger partial charge in [-0.05, 0) is 66.1 Å². The molecule has 0 saturated heterocycles. The number of benzene rings is 2. The fourth-order valence-electron chi connectivity index (χ4n) is 3.20. The van der Waals surface area contributed by atoms with Crippen LogP contribution in [0.5, 0.6) is 0 Å². The summed E-state index contributed by atoms with van der Waals surface area (Å²) in [5.74, 6) is 1.04. The lowest BCUT2D eigenvalue weighted by molar-refractivity contribution is 0.780. The lowest BCUT2D eigenvalue weighted by atomic mass is 10.0. The van der Waals surface area contributed by atoms with Gasteiger partial charge in [0.1, 0.15) is 5.82 Å². The number of hydrogen-bond donors (Lipinski definition) is 1. The zero-order valence-corrected chi connectivity index (χ0v) is 17.1. The van der Waals surface area contributed by atoms with E-state index in [-0.39, 0.29) is 0 Å². The number of fused-ring (bicyclic) bond motifs is 1. The van der Waals surface area contributed by atoms with Crippen molar-refractivity contribution in [3.05, 3.63) is 61.6 Å². The van der Waals surface area contributed by atoms with Crippen molar-refractivity contribution in [2.24, 2.45) is 0 Å². The van der Waals surface area contributed by atoms with Crippen LogP contribution in [0.15, 0.2) is 42.5 Å². The summed E-state index contributed by atoms with van der Waals surface area (Å²) in [6.45, 7) is 0.940. The van der Waals surface area contributed by atoms with Crippen LogP contribution in [0.25, 0.3) is 16.9 Å². The van der Waals surface area contributed by atoms with E-state index in [0.29, 0.717) is 10.0 Å². The number of halogens is 3. The molecule has 0 amide bonds. The number of hydrogen-bond acceptors (Lipinski definition) is 2. The van der Waals surface area contributed by atoms with Crippen molar-refractivity contribution < 1.29 is 0 Å². The van der Waals surface area contributed by atoms with Gasteiger partial charge < -0.3 is 5.32 Å². The minimum Gasteiger partial charge on any atom is -0.370 e. The van der Waals surface area contributed by atoms with Gasteiger partial charge in [-0.2, -0.15) is 5.10 Å². The van der Waals surface area contributed by atoms with E-state index in [4.69, 9.17) is 28.3 Å². The van der Waals surface area contributed by atoms with Crippen molar-refractivity contribution in [1.82, 2.24) is 9.78 Å². The fourth-order valence-corrected chi connectivity index (χ4v) is 4.33. The maximum absolute atomic E-state index is 6.46. The van der Waals surface area contributed by atoms with Gasteiger partial charge in [-0.3, -0.25) is 0 Å². The zero-order valence-electron chi connectivity index (χ0n) is 13.4. The Morgan fingerprint density at radius 3 is 2.72 bits per heavy atom. The van der Waals surface area contributed by atoms with Crippen molar-refractivity contribution in [1.29, 1.82) is 0 Å². The molecule has 0 aliphatic carbocycles. The van der Waals surface area contributed by atoms with Gasteiger partial charge in [0.25, 0.3) is 0 Å². The van der Waals surface area contributed by atoms with Crippen molar-refractivity contribution in [2.75, 3.05) is 11.9 Å². The van der Waals surface area contributed by atoms with Crippen LogP contribution >= 0.6 is 45.8 Å². The van der Waals surface area contributed by atoms with Crippen LogP contribution < -0.4 is 5.32 Å². The topological polar surface area (TPSA) is 29.9 Å². The third kappa shape index (κ3) is 3.27. The second-order valence-electron chi connectivity index (χ2n) is 6.05. The zero-order chi connectivity index (χ0) is 17.4. The van der Waals surface area contributed by atoms with E-state index in [0.717, 1.165) is 48.6 Å². The van der Waals surface area contributed by atoms with Crippen LogP contribution in [-0.4, -0.2) is 16.3 Å². The van der Waals surface area contributed by atoms with Gasteiger partial charge in [-0.1, -0.05) is 41.4 Å². The number of anilines is 1. The smallest absolute Gasteiger partial charge is 0.133 e. The Bertz CT molecular complexity index is 936. The summed E-state index contributed by atoms with van der Waals surface area (Å²) in [5, 5.41) is 9.72. The maximum atomic E-state index is 6.46. The molecule has 0 spiro atoms. The second-order valence-corrected chi connectivity index (χ2v) is 8.05. The Morgan fingerprint density at radius 1 is 1.08 bits per heavy atom. The van der Waals surface area contributed by atoms with E-state index in [1.54, 1.807) is 6.07 Å². The first kappa shape index (κ1) is 17.2. The van der Waals surface area contributed by atoms with Gasteiger partial charge >= 0.3 is 0 Å². The average Bonchev–Trinajstić information content (AvgIpc) is 2.78. The van der Waals surface area contributed by atoms with Crippen LogP contribution in [0.3, 0.4) is 0 Å². The Labute approximate surface area is 170 Å². The predicted molar refractivity (Wildman–Crippen MR) is 113 cm³/mol. The first-order chi connectivity index (χ1) is 12.1. The van der Waals surface area contributed by atoms with Crippen LogP contribution in [0.2, 0.25) is 10.0 Å².